The Bertz CT molecular complexity index is 2120. The Morgan fingerprint density at radius 1 is 0.848 bits per heavy atom. The Hall–Kier alpha value is -4.83. The minimum absolute atomic E-state index is 0.0192. The molecule has 1 aliphatic rings. The zero-order chi connectivity index (χ0) is 31.7. The molecule has 9 heteroatoms. The number of nitrogens with one attached hydrogen (secondary N) is 2. The number of aromatic amines is 1. The Morgan fingerprint density at radius 3 is 2.26 bits per heavy atom. The molecule has 46 heavy (non-hydrogen) atoms. The number of hydrogen-bond donors (Lipinski definition) is 2. The van der Waals surface area contributed by atoms with E-state index in [9.17, 15) is 13.2 Å². The van der Waals surface area contributed by atoms with Crippen molar-refractivity contribution in [2.75, 3.05) is 45.1 Å². The number of benzene rings is 4. The van der Waals surface area contributed by atoms with E-state index in [4.69, 9.17) is 4.98 Å². The molecule has 0 aliphatic carbocycles. The number of anilines is 1. The summed E-state index contributed by atoms with van der Waals surface area (Å²) in [5, 5.41) is 4.89. The molecule has 0 bridgehead atoms. The molecule has 6 aromatic rings. The first-order chi connectivity index (χ1) is 22.3. The number of aromatic nitrogens is 2. The molecule has 1 amide bonds. The van der Waals surface area contributed by atoms with Gasteiger partial charge in [-0.2, -0.15) is 0 Å². The molecule has 2 aromatic heterocycles. The van der Waals surface area contributed by atoms with Gasteiger partial charge in [0.1, 0.15) is 5.65 Å². The third-order valence-electron chi connectivity index (χ3n) is 8.65. The predicted molar refractivity (Wildman–Crippen MR) is 184 cm³/mol. The first-order valence-corrected chi connectivity index (χ1v) is 17.1. The molecule has 7 rings (SSSR count). The molecular formula is C37H35N5O3S. The van der Waals surface area contributed by atoms with Gasteiger partial charge in [0, 0.05) is 65.5 Å². The van der Waals surface area contributed by atoms with Crippen LogP contribution in [-0.2, 0) is 20.4 Å². The van der Waals surface area contributed by atoms with Crippen LogP contribution in [0.5, 0.6) is 0 Å². The summed E-state index contributed by atoms with van der Waals surface area (Å²) in [7, 11) is -1.41. The highest BCUT2D eigenvalue weighted by atomic mass is 32.2. The maximum atomic E-state index is 13.2. The average Bonchev–Trinajstić information content (AvgIpc) is 3.44. The third-order valence-corrected chi connectivity index (χ3v) is 10.4. The van der Waals surface area contributed by atoms with Crippen molar-refractivity contribution < 1.29 is 13.2 Å². The predicted octanol–water partition coefficient (Wildman–Crippen LogP) is 6.21. The number of hydrogen-bond acceptors (Lipinski definition) is 6. The first-order valence-electron chi connectivity index (χ1n) is 15.4. The van der Waals surface area contributed by atoms with Crippen LogP contribution >= 0.6 is 0 Å². The Labute approximate surface area is 268 Å². The smallest absolute Gasteiger partial charge is 0.238 e. The van der Waals surface area contributed by atoms with Crippen LogP contribution in [0.1, 0.15) is 5.56 Å². The molecule has 0 spiro atoms. The zero-order valence-electron chi connectivity index (χ0n) is 25.6. The Morgan fingerprint density at radius 2 is 1.54 bits per heavy atom. The number of amides is 1. The van der Waals surface area contributed by atoms with Gasteiger partial charge in [-0.3, -0.25) is 9.69 Å². The van der Waals surface area contributed by atoms with Gasteiger partial charge in [-0.15, -0.1) is 0 Å². The van der Waals surface area contributed by atoms with Crippen molar-refractivity contribution in [2.45, 2.75) is 10.6 Å². The monoisotopic (exact) mass is 629 g/mol. The normalized spacial score (nSPS) is 14.5. The number of nitrogens with zero attached hydrogens (tertiary/aromatic N) is 3. The summed E-state index contributed by atoms with van der Waals surface area (Å²) < 4.78 is 26.4. The molecular weight excluding hydrogens is 595 g/mol. The summed E-state index contributed by atoms with van der Waals surface area (Å²) in [6, 6.07) is 32.3. The number of carbonyl (C=O) groups excluding carboxylic acids is 1. The van der Waals surface area contributed by atoms with Gasteiger partial charge in [0.25, 0.3) is 0 Å². The summed E-state index contributed by atoms with van der Waals surface area (Å²) in [6.07, 6.45) is 1.88. The van der Waals surface area contributed by atoms with Gasteiger partial charge in [-0.05, 0) is 60.1 Å². The second kappa shape index (κ2) is 12.5. The standard InChI is InChI=1S/C37H35N5O3S/c1-41-18-20-42(21-19-41)24-34(43)39-29-15-13-27(14-16-29)32-23-38-37-36(35(32)28-8-4-2-5-9-28)31-22-26(12-17-33(31)40-37)25-46(44,45)30-10-6-3-7-11-30/h2-17,22-23H,18-21,24-25H2,1H3,(H,38,40)(H,39,43). The van der Waals surface area contributed by atoms with E-state index < -0.39 is 9.84 Å². The van der Waals surface area contributed by atoms with Gasteiger partial charge in [-0.25, -0.2) is 13.4 Å². The molecule has 2 N–H and O–H groups in total. The highest BCUT2D eigenvalue weighted by Gasteiger charge is 2.20. The maximum absolute atomic E-state index is 13.2. The summed E-state index contributed by atoms with van der Waals surface area (Å²) in [6.45, 7) is 4.09. The van der Waals surface area contributed by atoms with Crippen molar-refractivity contribution in [2.24, 2.45) is 0 Å². The average molecular weight is 630 g/mol. The van der Waals surface area contributed by atoms with E-state index in [1.165, 1.54) is 0 Å². The van der Waals surface area contributed by atoms with E-state index in [1.807, 2.05) is 72.9 Å². The molecule has 0 radical (unpaired) electrons. The molecule has 1 fully saturated rings. The summed E-state index contributed by atoms with van der Waals surface area (Å²) in [4.78, 5) is 25.8. The second-order valence-corrected chi connectivity index (χ2v) is 13.9. The van der Waals surface area contributed by atoms with E-state index in [-0.39, 0.29) is 11.7 Å². The first kappa shape index (κ1) is 29.9. The van der Waals surface area contributed by atoms with E-state index >= 15 is 0 Å². The van der Waals surface area contributed by atoms with E-state index in [0.29, 0.717) is 17.0 Å². The molecule has 8 nitrogen and oxygen atoms in total. The highest BCUT2D eigenvalue weighted by Crippen LogP contribution is 2.41. The topological polar surface area (TPSA) is 98.4 Å². The summed E-state index contributed by atoms with van der Waals surface area (Å²) in [5.74, 6) is -0.121. The molecule has 1 saturated heterocycles. The minimum atomic E-state index is -3.52. The number of pyridine rings is 1. The summed E-state index contributed by atoms with van der Waals surface area (Å²) >= 11 is 0. The van der Waals surface area contributed by atoms with Crippen LogP contribution in [0.4, 0.5) is 5.69 Å². The fourth-order valence-electron chi connectivity index (χ4n) is 6.19. The number of rotatable bonds is 8. The van der Waals surface area contributed by atoms with Crippen LogP contribution in [0.3, 0.4) is 0 Å². The Kier molecular flexibility index (Phi) is 8.12. The highest BCUT2D eigenvalue weighted by molar-refractivity contribution is 7.90. The quantitative estimate of drug-likeness (QED) is 0.208. The lowest BCUT2D eigenvalue weighted by Gasteiger charge is -2.31. The molecule has 232 valence electrons. The van der Waals surface area contributed by atoms with Crippen molar-refractivity contribution in [3.8, 4) is 22.3 Å². The number of carbonyl (C=O) groups is 1. The number of fused-ring (bicyclic) bond motifs is 3. The fourth-order valence-corrected chi connectivity index (χ4v) is 7.55. The van der Waals surface area contributed by atoms with Crippen LogP contribution in [0.25, 0.3) is 44.2 Å². The number of piperazine rings is 1. The van der Waals surface area contributed by atoms with Crippen molar-refractivity contribution in [1.29, 1.82) is 0 Å². The number of likely N-dealkylation sites (N-methyl/N-ethyl adjacent to an activating group) is 1. The van der Waals surface area contributed by atoms with Crippen LogP contribution in [0.15, 0.2) is 114 Å². The lowest BCUT2D eigenvalue weighted by atomic mass is 9.92. The number of H-pyrrole nitrogens is 1. The minimum Gasteiger partial charge on any atom is -0.339 e. The lowest BCUT2D eigenvalue weighted by molar-refractivity contribution is -0.117. The van der Waals surface area contributed by atoms with Gasteiger partial charge in [0.2, 0.25) is 5.91 Å². The third kappa shape index (κ3) is 6.17. The van der Waals surface area contributed by atoms with Gasteiger partial charge in [0.05, 0.1) is 17.2 Å². The Balaban J connectivity index is 1.24. The molecule has 0 unspecified atom stereocenters. The molecule has 3 heterocycles. The molecule has 4 aromatic carbocycles. The van der Waals surface area contributed by atoms with Crippen LogP contribution in [-0.4, -0.2) is 73.9 Å². The number of sulfone groups is 1. The van der Waals surface area contributed by atoms with Crippen molar-refractivity contribution >= 4 is 43.4 Å². The van der Waals surface area contributed by atoms with Crippen LogP contribution in [0.2, 0.25) is 0 Å². The molecule has 0 atom stereocenters. The van der Waals surface area contributed by atoms with Gasteiger partial charge < -0.3 is 15.2 Å². The van der Waals surface area contributed by atoms with Crippen LogP contribution in [0, 0.1) is 0 Å². The zero-order valence-corrected chi connectivity index (χ0v) is 26.4. The second-order valence-electron chi connectivity index (χ2n) is 11.9. The SMILES string of the molecule is CN1CCN(CC(=O)Nc2ccc(-c3cnc4[nH]c5ccc(CS(=O)(=O)c6ccccc6)cc5c4c3-c3ccccc3)cc2)CC1. The van der Waals surface area contributed by atoms with Crippen molar-refractivity contribution in [1.82, 2.24) is 19.8 Å². The molecule has 0 saturated carbocycles. The van der Waals surface area contributed by atoms with Crippen LogP contribution < -0.4 is 5.32 Å². The fraction of sp³-hybridized carbons (Fsp3) is 0.189. The van der Waals surface area contributed by atoms with E-state index in [1.54, 1.807) is 24.3 Å². The van der Waals surface area contributed by atoms with E-state index in [0.717, 1.165) is 76.1 Å². The van der Waals surface area contributed by atoms with Crippen molar-refractivity contribution in [3.63, 3.8) is 0 Å². The van der Waals surface area contributed by atoms with Crippen molar-refractivity contribution in [3.05, 3.63) is 115 Å². The van der Waals surface area contributed by atoms with Gasteiger partial charge >= 0.3 is 0 Å². The maximum Gasteiger partial charge on any atom is 0.238 e. The summed E-state index contributed by atoms with van der Waals surface area (Å²) in [5.41, 5.74) is 7.00. The molecule has 1 aliphatic heterocycles. The lowest BCUT2D eigenvalue weighted by Crippen LogP contribution is -2.47. The van der Waals surface area contributed by atoms with Gasteiger partial charge in [0.15, 0.2) is 9.84 Å². The van der Waals surface area contributed by atoms with E-state index in [2.05, 4.69) is 39.3 Å². The van der Waals surface area contributed by atoms with Gasteiger partial charge in [-0.1, -0.05) is 66.7 Å². The largest absolute Gasteiger partial charge is 0.339 e.